The van der Waals surface area contributed by atoms with Gasteiger partial charge in [-0.25, -0.2) is 4.79 Å². The maximum Gasteiger partial charge on any atom is 0.492 e. The van der Waals surface area contributed by atoms with Crippen LogP contribution in [0, 0.1) is 13.8 Å². The van der Waals surface area contributed by atoms with Gasteiger partial charge in [0.25, 0.3) is 0 Å². The summed E-state index contributed by atoms with van der Waals surface area (Å²) >= 11 is 0. The van der Waals surface area contributed by atoms with Crippen LogP contribution >= 0.6 is 0 Å². The Kier molecular flexibility index (Phi) is 7.08. The van der Waals surface area contributed by atoms with Crippen LogP contribution in [0.2, 0.25) is 0 Å². The van der Waals surface area contributed by atoms with Crippen molar-refractivity contribution >= 4 is 25.0 Å². The molecule has 202 valence electrons. The van der Waals surface area contributed by atoms with Gasteiger partial charge in [-0.2, -0.15) is 0 Å². The van der Waals surface area contributed by atoms with E-state index in [4.69, 9.17) is 19.8 Å². The maximum absolute atomic E-state index is 13.0. The monoisotopic (exact) mass is 524 g/mol. The third kappa shape index (κ3) is 5.21. The van der Waals surface area contributed by atoms with Crippen LogP contribution < -0.4 is 11.1 Å². The number of alkyl carbamates (subject to hydrolysis) is 1. The molecule has 1 heterocycles. The molecule has 3 aromatic carbocycles. The van der Waals surface area contributed by atoms with Gasteiger partial charge in [-0.15, -0.1) is 0 Å². The standard InChI is InChI=1S/C32H37BN2O4/c1-20-16-29(34)21(2)15-22(20)17-23(33-38-31(3,4)32(5,6)39-33)18-35-30(36)37-19-28-26-13-9-7-11-24(26)25-12-8-10-14-27(25)28/h7-17,28H,18-19,34H2,1-6H3,(H,35,36). The van der Waals surface area contributed by atoms with Crippen LogP contribution in [-0.4, -0.2) is 37.6 Å². The van der Waals surface area contributed by atoms with Crippen molar-refractivity contribution < 1.29 is 18.8 Å². The molecule has 0 saturated carbocycles. The summed E-state index contributed by atoms with van der Waals surface area (Å²) in [7, 11) is -0.610. The molecule has 0 spiro atoms. The van der Waals surface area contributed by atoms with Gasteiger partial charge < -0.3 is 25.1 Å². The molecule has 3 N–H and O–H groups in total. The molecule has 0 atom stereocenters. The van der Waals surface area contributed by atoms with Crippen molar-refractivity contribution in [3.05, 3.63) is 94.0 Å². The van der Waals surface area contributed by atoms with Crippen LogP contribution in [0.3, 0.4) is 0 Å². The fourth-order valence-electron chi connectivity index (χ4n) is 5.24. The largest absolute Gasteiger partial charge is 0.492 e. The van der Waals surface area contributed by atoms with E-state index in [1.165, 1.54) is 22.3 Å². The Bertz CT molecular complexity index is 1380. The number of anilines is 1. The number of hydrogen-bond donors (Lipinski definition) is 2. The number of nitrogens with two attached hydrogens (primary N) is 1. The third-order valence-electron chi connectivity index (χ3n) is 8.33. The van der Waals surface area contributed by atoms with Gasteiger partial charge >= 0.3 is 13.2 Å². The summed E-state index contributed by atoms with van der Waals surface area (Å²) in [5.41, 5.74) is 14.4. The number of amides is 1. The second kappa shape index (κ2) is 10.2. The number of nitrogens with one attached hydrogen (secondary N) is 1. The number of carbonyl (C=O) groups excluding carboxylic acids is 1. The van der Waals surface area contributed by atoms with Crippen molar-refractivity contribution in [2.75, 3.05) is 18.9 Å². The first-order chi connectivity index (χ1) is 18.5. The lowest BCUT2D eigenvalue weighted by atomic mass is 9.76. The number of hydrogen-bond acceptors (Lipinski definition) is 5. The predicted octanol–water partition coefficient (Wildman–Crippen LogP) is 6.44. The van der Waals surface area contributed by atoms with Gasteiger partial charge in [0.2, 0.25) is 0 Å². The second-order valence-electron chi connectivity index (χ2n) is 11.6. The molecule has 2 aliphatic rings. The van der Waals surface area contributed by atoms with Crippen LogP contribution in [0.15, 0.2) is 66.1 Å². The summed E-state index contributed by atoms with van der Waals surface area (Å²) in [6, 6.07) is 20.6. The molecule has 0 aromatic heterocycles. The molecule has 1 aliphatic carbocycles. The molecular weight excluding hydrogens is 487 g/mol. The van der Waals surface area contributed by atoms with Gasteiger partial charge in [0, 0.05) is 18.2 Å². The molecule has 1 aliphatic heterocycles. The average Bonchev–Trinajstić information content (AvgIpc) is 3.32. The van der Waals surface area contributed by atoms with Crippen molar-refractivity contribution in [3.63, 3.8) is 0 Å². The molecule has 0 unspecified atom stereocenters. The molecule has 1 amide bonds. The van der Waals surface area contributed by atoms with Crippen molar-refractivity contribution in [1.82, 2.24) is 5.32 Å². The Balaban J connectivity index is 1.33. The highest BCUT2D eigenvalue weighted by molar-refractivity contribution is 6.56. The van der Waals surface area contributed by atoms with E-state index in [0.717, 1.165) is 27.9 Å². The van der Waals surface area contributed by atoms with Gasteiger partial charge in [-0.3, -0.25) is 0 Å². The first kappa shape index (κ1) is 27.0. The van der Waals surface area contributed by atoms with Crippen molar-refractivity contribution in [3.8, 4) is 11.1 Å². The minimum Gasteiger partial charge on any atom is -0.449 e. The lowest BCUT2D eigenvalue weighted by Gasteiger charge is -2.32. The highest BCUT2D eigenvalue weighted by Gasteiger charge is 2.52. The minimum absolute atomic E-state index is 0.00154. The van der Waals surface area contributed by atoms with Crippen LogP contribution in [-0.2, 0) is 14.0 Å². The second-order valence-corrected chi connectivity index (χ2v) is 11.6. The van der Waals surface area contributed by atoms with Gasteiger partial charge in [0.05, 0.1) is 11.2 Å². The zero-order chi connectivity index (χ0) is 27.9. The highest BCUT2D eigenvalue weighted by Crippen LogP contribution is 2.44. The first-order valence-corrected chi connectivity index (χ1v) is 13.5. The van der Waals surface area contributed by atoms with Gasteiger partial charge in [0.15, 0.2) is 0 Å². The van der Waals surface area contributed by atoms with Crippen LogP contribution in [0.5, 0.6) is 0 Å². The molecule has 1 fully saturated rings. The van der Waals surface area contributed by atoms with Crippen molar-refractivity contribution in [1.29, 1.82) is 0 Å². The molecule has 3 aromatic rings. The molecule has 0 radical (unpaired) electrons. The Morgan fingerprint density at radius 2 is 1.51 bits per heavy atom. The van der Waals surface area contributed by atoms with Crippen LogP contribution in [0.1, 0.15) is 61.4 Å². The molecule has 5 rings (SSSR count). The lowest BCUT2D eigenvalue weighted by molar-refractivity contribution is 0.00578. The number of fused-ring (bicyclic) bond motifs is 3. The third-order valence-corrected chi connectivity index (χ3v) is 8.33. The fourth-order valence-corrected chi connectivity index (χ4v) is 5.24. The van der Waals surface area contributed by atoms with E-state index in [0.29, 0.717) is 0 Å². The highest BCUT2D eigenvalue weighted by atomic mass is 16.7. The summed E-state index contributed by atoms with van der Waals surface area (Å²) in [5.74, 6) is 0.00154. The molecule has 6 nitrogen and oxygen atoms in total. The molecule has 39 heavy (non-hydrogen) atoms. The Morgan fingerprint density at radius 1 is 0.949 bits per heavy atom. The maximum atomic E-state index is 13.0. The number of benzene rings is 3. The number of rotatable bonds is 6. The number of ether oxygens (including phenoxy) is 1. The van der Waals surface area contributed by atoms with E-state index in [9.17, 15) is 4.79 Å². The smallest absolute Gasteiger partial charge is 0.449 e. The van der Waals surface area contributed by atoms with E-state index in [1.54, 1.807) is 0 Å². The fraction of sp³-hybridized carbons (Fsp3) is 0.344. The number of aryl methyl sites for hydroxylation is 2. The Hall–Kier alpha value is -3.55. The predicted molar refractivity (Wildman–Crippen MR) is 157 cm³/mol. The molecule has 7 heteroatoms. The first-order valence-electron chi connectivity index (χ1n) is 13.5. The van der Waals surface area contributed by atoms with E-state index in [1.807, 2.05) is 84.0 Å². The summed E-state index contributed by atoms with van der Waals surface area (Å²) in [5, 5.41) is 2.94. The summed E-state index contributed by atoms with van der Waals surface area (Å²) in [6.45, 7) is 12.5. The lowest BCUT2D eigenvalue weighted by Crippen LogP contribution is -2.41. The number of carbonyl (C=O) groups is 1. The van der Waals surface area contributed by atoms with Crippen LogP contribution in [0.25, 0.3) is 17.2 Å². The van der Waals surface area contributed by atoms with Crippen LogP contribution in [0.4, 0.5) is 10.5 Å². The zero-order valence-electron chi connectivity index (χ0n) is 23.6. The normalized spacial score (nSPS) is 17.6. The van der Waals surface area contributed by atoms with Crippen molar-refractivity contribution in [2.24, 2.45) is 0 Å². The Labute approximate surface area is 231 Å². The van der Waals surface area contributed by atoms with E-state index >= 15 is 0 Å². The van der Waals surface area contributed by atoms with Gasteiger partial charge in [0.1, 0.15) is 6.61 Å². The summed E-state index contributed by atoms with van der Waals surface area (Å²) < 4.78 is 18.4. The van der Waals surface area contributed by atoms with Gasteiger partial charge in [-0.1, -0.05) is 54.6 Å². The molecule has 1 saturated heterocycles. The van der Waals surface area contributed by atoms with Crippen molar-refractivity contribution in [2.45, 2.75) is 58.7 Å². The van der Waals surface area contributed by atoms with Gasteiger partial charge in [-0.05, 0) is 98.1 Å². The average molecular weight is 524 g/mol. The number of nitrogen functional groups attached to an aromatic ring is 1. The molecular formula is C32H37BN2O4. The zero-order valence-corrected chi connectivity index (χ0v) is 23.6. The quantitative estimate of drug-likeness (QED) is 0.287. The van der Waals surface area contributed by atoms with E-state index in [-0.39, 0.29) is 19.1 Å². The topological polar surface area (TPSA) is 82.8 Å². The summed E-state index contributed by atoms with van der Waals surface area (Å²) in [4.78, 5) is 13.0. The SMILES string of the molecule is Cc1cc(C=C(CNC(=O)OCC2c3ccccc3-c3ccccc32)B2OC(C)(C)C(C)(C)O2)c(C)cc1N. The van der Waals surface area contributed by atoms with E-state index in [2.05, 4.69) is 29.6 Å². The summed E-state index contributed by atoms with van der Waals surface area (Å²) in [6.07, 6.45) is 1.54. The Morgan fingerprint density at radius 3 is 2.10 bits per heavy atom. The van der Waals surface area contributed by atoms with E-state index < -0.39 is 24.4 Å². The molecule has 0 bridgehead atoms. The minimum atomic E-state index is -0.610.